The van der Waals surface area contributed by atoms with Gasteiger partial charge in [-0.2, -0.15) is 5.26 Å². The summed E-state index contributed by atoms with van der Waals surface area (Å²) in [5.74, 6) is 0.674. The Kier molecular flexibility index (Phi) is 7.55. The van der Waals surface area contributed by atoms with E-state index in [1.165, 1.54) is 0 Å². The minimum Gasteiger partial charge on any atom is -0.490 e. The number of carbonyl (C=O) groups is 2. The average molecular weight is 499 g/mol. The van der Waals surface area contributed by atoms with Crippen LogP contribution in [0.4, 0.5) is 4.79 Å². The Balaban J connectivity index is 1.89. The predicted octanol–water partition coefficient (Wildman–Crippen LogP) is 5.52. The maximum absolute atomic E-state index is 12.9. The van der Waals surface area contributed by atoms with E-state index in [0.717, 1.165) is 16.7 Å². The highest BCUT2D eigenvalue weighted by Gasteiger charge is 2.35. The van der Waals surface area contributed by atoms with Crippen molar-refractivity contribution < 1.29 is 19.1 Å². The van der Waals surface area contributed by atoms with Crippen LogP contribution in [0.1, 0.15) is 23.6 Å². The molecule has 1 aliphatic heterocycles. The standard InChI is InChI=1S/C23H19BrN2O4S/c1-3-9-30-20-12-18(24)17(10-19(20)29-4-2)11-21-22(27)26(23(28)31-21)14-16-8-6-5-7-15(16)13-25/h3,5-8,10-12H,1,4,9,14H2,2H3/b21-11+. The van der Waals surface area contributed by atoms with Crippen LogP contribution < -0.4 is 9.47 Å². The molecule has 6 nitrogen and oxygen atoms in total. The normalized spacial score (nSPS) is 14.6. The van der Waals surface area contributed by atoms with Gasteiger partial charge in [-0.25, -0.2) is 0 Å². The Bertz CT molecular complexity index is 1110. The molecule has 2 amide bonds. The minimum atomic E-state index is -0.403. The van der Waals surface area contributed by atoms with E-state index < -0.39 is 5.91 Å². The lowest BCUT2D eigenvalue weighted by Gasteiger charge is -2.14. The van der Waals surface area contributed by atoms with Crippen molar-refractivity contribution >= 4 is 44.9 Å². The van der Waals surface area contributed by atoms with E-state index in [0.29, 0.717) is 50.8 Å². The number of amides is 2. The number of hydrogen-bond donors (Lipinski definition) is 0. The van der Waals surface area contributed by atoms with Gasteiger partial charge < -0.3 is 9.47 Å². The molecule has 0 atom stereocenters. The van der Waals surface area contributed by atoms with Crippen molar-refractivity contribution in [1.82, 2.24) is 4.90 Å². The first-order chi connectivity index (χ1) is 15.0. The third-order valence-electron chi connectivity index (χ3n) is 4.35. The van der Waals surface area contributed by atoms with E-state index in [4.69, 9.17) is 9.47 Å². The Morgan fingerprint density at radius 3 is 2.68 bits per heavy atom. The maximum atomic E-state index is 12.9. The third kappa shape index (κ3) is 5.19. The molecule has 2 aromatic carbocycles. The van der Waals surface area contributed by atoms with E-state index in [9.17, 15) is 14.9 Å². The summed E-state index contributed by atoms with van der Waals surface area (Å²) in [6.45, 7) is 6.33. The van der Waals surface area contributed by atoms with Crippen molar-refractivity contribution in [2.75, 3.05) is 13.2 Å². The molecular weight excluding hydrogens is 480 g/mol. The molecule has 3 rings (SSSR count). The summed E-state index contributed by atoms with van der Waals surface area (Å²) in [6, 6.07) is 12.5. The number of nitriles is 1. The summed E-state index contributed by atoms with van der Waals surface area (Å²) in [5.41, 5.74) is 1.74. The summed E-state index contributed by atoms with van der Waals surface area (Å²) in [6.07, 6.45) is 3.28. The van der Waals surface area contributed by atoms with Crippen LogP contribution in [0.5, 0.6) is 11.5 Å². The molecule has 2 aromatic rings. The van der Waals surface area contributed by atoms with Crippen molar-refractivity contribution in [2.45, 2.75) is 13.5 Å². The zero-order valence-corrected chi connectivity index (χ0v) is 19.2. The number of rotatable bonds is 8. The molecular formula is C23H19BrN2O4S. The molecule has 0 unspecified atom stereocenters. The summed E-state index contributed by atoms with van der Waals surface area (Å²) in [5, 5.41) is 8.88. The minimum absolute atomic E-state index is 0.0471. The molecule has 1 fully saturated rings. The number of hydrogen-bond acceptors (Lipinski definition) is 6. The van der Waals surface area contributed by atoms with Crippen LogP contribution in [0.25, 0.3) is 6.08 Å². The van der Waals surface area contributed by atoms with Crippen LogP contribution >= 0.6 is 27.7 Å². The number of ether oxygens (including phenoxy) is 2. The number of halogens is 1. The summed E-state index contributed by atoms with van der Waals surface area (Å²) < 4.78 is 12.0. The van der Waals surface area contributed by atoms with Crippen LogP contribution in [0.15, 0.2) is 58.4 Å². The van der Waals surface area contributed by atoms with Crippen molar-refractivity contribution in [3.05, 3.63) is 75.1 Å². The number of carbonyl (C=O) groups excluding carboxylic acids is 2. The van der Waals surface area contributed by atoms with Crippen LogP contribution in [0.2, 0.25) is 0 Å². The monoisotopic (exact) mass is 498 g/mol. The van der Waals surface area contributed by atoms with Gasteiger partial charge in [0, 0.05) is 4.47 Å². The summed E-state index contributed by atoms with van der Waals surface area (Å²) in [7, 11) is 0. The first-order valence-electron chi connectivity index (χ1n) is 9.41. The van der Waals surface area contributed by atoms with Crippen molar-refractivity contribution in [1.29, 1.82) is 5.26 Å². The van der Waals surface area contributed by atoms with Gasteiger partial charge in [0.2, 0.25) is 0 Å². The highest BCUT2D eigenvalue weighted by atomic mass is 79.9. The van der Waals surface area contributed by atoms with Gasteiger partial charge in [-0.3, -0.25) is 14.5 Å². The number of imide groups is 1. The van der Waals surface area contributed by atoms with Crippen LogP contribution in [-0.4, -0.2) is 29.3 Å². The molecule has 0 bridgehead atoms. The lowest BCUT2D eigenvalue weighted by molar-refractivity contribution is -0.123. The molecule has 0 saturated carbocycles. The molecule has 1 aliphatic rings. The van der Waals surface area contributed by atoms with Gasteiger partial charge in [0.05, 0.1) is 29.7 Å². The second-order valence-corrected chi connectivity index (χ2v) is 8.24. The quantitative estimate of drug-likeness (QED) is 0.352. The lowest BCUT2D eigenvalue weighted by Crippen LogP contribution is -2.27. The van der Waals surface area contributed by atoms with Gasteiger partial charge in [0.1, 0.15) is 6.61 Å². The largest absolute Gasteiger partial charge is 0.490 e. The van der Waals surface area contributed by atoms with Crippen LogP contribution in [-0.2, 0) is 11.3 Å². The molecule has 8 heteroatoms. The van der Waals surface area contributed by atoms with Crippen LogP contribution in [0.3, 0.4) is 0 Å². The molecule has 1 heterocycles. The highest BCUT2D eigenvalue weighted by Crippen LogP contribution is 2.38. The van der Waals surface area contributed by atoms with E-state index in [-0.39, 0.29) is 11.8 Å². The van der Waals surface area contributed by atoms with Gasteiger partial charge in [0.25, 0.3) is 11.1 Å². The summed E-state index contributed by atoms with van der Waals surface area (Å²) >= 11 is 4.36. The number of benzene rings is 2. The average Bonchev–Trinajstić information content (AvgIpc) is 3.02. The Morgan fingerprint density at radius 1 is 1.23 bits per heavy atom. The van der Waals surface area contributed by atoms with Gasteiger partial charge in [-0.1, -0.05) is 46.8 Å². The molecule has 0 radical (unpaired) electrons. The topological polar surface area (TPSA) is 79.6 Å². The Morgan fingerprint density at radius 2 is 1.97 bits per heavy atom. The fourth-order valence-corrected chi connectivity index (χ4v) is 4.17. The molecule has 158 valence electrons. The van der Waals surface area contributed by atoms with Gasteiger partial charge in [-0.05, 0) is 54.1 Å². The van der Waals surface area contributed by atoms with Crippen molar-refractivity contribution in [3.63, 3.8) is 0 Å². The predicted molar refractivity (Wildman–Crippen MR) is 124 cm³/mol. The first kappa shape index (κ1) is 22.7. The molecule has 0 spiro atoms. The summed E-state index contributed by atoms with van der Waals surface area (Å²) in [4.78, 5) is 26.8. The fourth-order valence-electron chi connectivity index (χ4n) is 2.91. The van der Waals surface area contributed by atoms with Crippen molar-refractivity contribution in [2.24, 2.45) is 0 Å². The van der Waals surface area contributed by atoms with Gasteiger partial charge >= 0.3 is 0 Å². The number of thioether (sulfide) groups is 1. The van der Waals surface area contributed by atoms with E-state index in [1.807, 2.05) is 6.92 Å². The van der Waals surface area contributed by atoms with Crippen molar-refractivity contribution in [3.8, 4) is 17.6 Å². The zero-order valence-electron chi connectivity index (χ0n) is 16.8. The molecule has 0 aliphatic carbocycles. The molecule has 0 aromatic heterocycles. The van der Waals surface area contributed by atoms with Crippen LogP contribution in [0, 0.1) is 11.3 Å². The molecule has 31 heavy (non-hydrogen) atoms. The van der Waals surface area contributed by atoms with Gasteiger partial charge in [-0.15, -0.1) is 0 Å². The lowest BCUT2D eigenvalue weighted by atomic mass is 10.1. The first-order valence-corrected chi connectivity index (χ1v) is 11.0. The van der Waals surface area contributed by atoms with E-state index >= 15 is 0 Å². The highest BCUT2D eigenvalue weighted by molar-refractivity contribution is 9.10. The SMILES string of the molecule is C=CCOc1cc(Br)c(/C=C2/SC(=O)N(Cc3ccccc3C#N)C2=O)cc1OCC. The fraction of sp³-hybridized carbons (Fsp3) is 0.174. The maximum Gasteiger partial charge on any atom is 0.293 e. The second-order valence-electron chi connectivity index (χ2n) is 6.39. The smallest absolute Gasteiger partial charge is 0.293 e. The Hall–Kier alpha value is -3.02. The molecule has 1 saturated heterocycles. The Labute approximate surface area is 193 Å². The number of nitrogens with zero attached hydrogens (tertiary/aromatic N) is 2. The second kappa shape index (κ2) is 10.3. The van der Waals surface area contributed by atoms with E-state index in [1.54, 1.807) is 48.6 Å². The van der Waals surface area contributed by atoms with E-state index in [2.05, 4.69) is 28.6 Å². The zero-order chi connectivity index (χ0) is 22.4. The molecule has 0 N–H and O–H groups in total. The van der Waals surface area contributed by atoms with Gasteiger partial charge in [0.15, 0.2) is 11.5 Å². The third-order valence-corrected chi connectivity index (χ3v) is 5.94.